The molecule has 118 valence electrons. The van der Waals surface area contributed by atoms with Gasteiger partial charge in [0.05, 0.1) is 11.0 Å². The van der Waals surface area contributed by atoms with Gasteiger partial charge in [-0.3, -0.25) is 15.0 Å². The number of thiophene rings is 1. The van der Waals surface area contributed by atoms with E-state index in [1.54, 1.807) is 6.92 Å². The van der Waals surface area contributed by atoms with Crippen molar-refractivity contribution in [1.29, 1.82) is 0 Å². The zero-order valence-electron chi connectivity index (χ0n) is 12.8. The smallest absolute Gasteiger partial charge is 0.304 e. The average molecular weight is 313 g/mol. The third-order valence-electron chi connectivity index (χ3n) is 4.10. The fourth-order valence-electron chi connectivity index (χ4n) is 2.92. The lowest BCUT2D eigenvalue weighted by atomic mass is 10.2. The van der Waals surface area contributed by atoms with Crippen molar-refractivity contribution in [2.24, 2.45) is 0 Å². The number of rotatable bonds is 6. The molecule has 2 rings (SSSR count). The van der Waals surface area contributed by atoms with E-state index in [4.69, 9.17) is 0 Å². The Morgan fingerprint density at radius 1 is 1.57 bits per heavy atom. The molecule has 1 aliphatic heterocycles. The Labute approximate surface area is 129 Å². The number of nitrogens with zero attached hydrogens (tertiary/aromatic N) is 3. The second-order valence-corrected chi connectivity index (χ2v) is 6.44. The Morgan fingerprint density at radius 3 is 2.76 bits per heavy atom. The molecule has 1 aromatic heterocycles. The van der Waals surface area contributed by atoms with Gasteiger partial charge in [0.15, 0.2) is 5.00 Å². The summed E-state index contributed by atoms with van der Waals surface area (Å²) in [6.45, 7) is 9.59. The van der Waals surface area contributed by atoms with Gasteiger partial charge in [0, 0.05) is 30.1 Å². The molecule has 2 atom stereocenters. The van der Waals surface area contributed by atoms with Crippen LogP contribution in [-0.2, 0) is 0 Å². The maximum atomic E-state index is 11.2. The molecular formula is C14H23N3O3S. The molecule has 0 aromatic carbocycles. The first-order valence-electron chi connectivity index (χ1n) is 7.43. The van der Waals surface area contributed by atoms with Gasteiger partial charge in [-0.25, -0.2) is 0 Å². The molecule has 0 aliphatic carbocycles. The molecule has 2 heterocycles. The lowest BCUT2D eigenvalue weighted by Gasteiger charge is -2.26. The molecule has 0 amide bonds. The predicted molar refractivity (Wildman–Crippen MR) is 85.1 cm³/mol. The van der Waals surface area contributed by atoms with Crippen LogP contribution in [0.2, 0.25) is 0 Å². The van der Waals surface area contributed by atoms with Gasteiger partial charge >= 0.3 is 5.69 Å². The van der Waals surface area contributed by atoms with Crippen LogP contribution in [0.1, 0.15) is 38.2 Å². The molecule has 2 unspecified atom stereocenters. The molecular weight excluding hydrogens is 290 g/mol. The first kappa shape index (κ1) is 16.2. The van der Waals surface area contributed by atoms with E-state index in [0.29, 0.717) is 15.9 Å². The van der Waals surface area contributed by atoms with Crippen molar-refractivity contribution in [2.75, 3.05) is 31.1 Å². The molecule has 1 aliphatic rings. The third-order valence-corrected chi connectivity index (χ3v) is 5.46. The average Bonchev–Trinajstić information content (AvgIpc) is 3.06. The van der Waals surface area contributed by atoms with E-state index in [2.05, 4.69) is 23.6 Å². The van der Waals surface area contributed by atoms with E-state index in [9.17, 15) is 15.2 Å². The largest absolute Gasteiger partial charge is 0.388 e. The minimum Gasteiger partial charge on any atom is -0.388 e. The lowest BCUT2D eigenvalue weighted by Crippen LogP contribution is -2.37. The summed E-state index contributed by atoms with van der Waals surface area (Å²) < 4.78 is 0. The molecule has 21 heavy (non-hydrogen) atoms. The normalized spacial score (nSPS) is 20.2. The number of hydrogen-bond donors (Lipinski definition) is 1. The highest BCUT2D eigenvalue weighted by Gasteiger charge is 2.32. The van der Waals surface area contributed by atoms with Crippen LogP contribution >= 0.6 is 11.3 Å². The standard InChI is InChI=1S/C14H23N3O3S/c1-4-15(5-2)11-6-7-16(9-11)14-12(17(19)20)8-13(21-14)10(3)18/h8,10-11,18H,4-7,9H2,1-3H3. The maximum absolute atomic E-state index is 11.2. The minimum absolute atomic E-state index is 0.121. The Hall–Kier alpha value is -1.18. The fourth-order valence-corrected chi connectivity index (χ4v) is 4.01. The van der Waals surface area contributed by atoms with Crippen molar-refractivity contribution >= 4 is 22.0 Å². The summed E-state index contributed by atoms with van der Waals surface area (Å²) in [5, 5.41) is 21.6. The number of likely N-dealkylation sites (N-methyl/N-ethyl adjacent to an activating group) is 1. The van der Waals surface area contributed by atoms with E-state index < -0.39 is 6.10 Å². The van der Waals surface area contributed by atoms with Gasteiger partial charge in [0.25, 0.3) is 0 Å². The maximum Gasteiger partial charge on any atom is 0.304 e. The molecule has 1 saturated heterocycles. The van der Waals surface area contributed by atoms with Crippen LogP contribution in [0.5, 0.6) is 0 Å². The first-order chi connectivity index (χ1) is 9.97. The molecule has 0 saturated carbocycles. The second-order valence-electron chi connectivity index (χ2n) is 5.38. The summed E-state index contributed by atoms with van der Waals surface area (Å²) in [7, 11) is 0. The molecule has 0 radical (unpaired) electrons. The van der Waals surface area contributed by atoms with E-state index in [1.165, 1.54) is 17.4 Å². The zero-order valence-corrected chi connectivity index (χ0v) is 13.6. The Bertz CT molecular complexity index is 500. The molecule has 6 nitrogen and oxygen atoms in total. The highest BCUT2D eigenvalue weighted by molar-refractivity contribution is 7.16. The number of anilines is 1. The van der Waals surface area contributed by atoms with Gasteiger partial charge in [0.2, 0.25) is 0 Å². The Balaban J connectivity index is 2.21. The van der Waals surface area contributed by atoms with Crippen molar-refractivity contribution in [2.45, 2.75) is 39.3 Å². The van der Waals surface area contributed by atoms with Crippen LogP contribution < -0.4 is 4.90 Å². The van der Waals surface area contributed by atoms with Crippen LogP contribution in [0.4, 0.5) is 10.7 Å². The highest BCUT2D eigenvalue weighted by atomic mass is 32.1. The summed E-state index contributed by atoms with van der Waals surface area (Å²) in [6.07, 6.45) is 0.365. The Morgan fingerprint density at radius 2 is 2.24 bits per heavy atom. The van der Waals surface area contributed by atoms with Crippen molar-refractivity contribution in [3.8, 4) is 0 Å². The predicted octanol–water partition coefficient (Wildman–Crippen LogP) is 2.63. The van der Waals surface area contributed by atoms with E-state index in [0.717, 1.165) is 32.6 Å². The van der Waals surface area contributed by atoms with Crippen LogP contribution in [0.25, 0.3) is 0 Å². The van der Waals surface area contributed by atoms with Gasteiger partial charge in [-0.2, -0.15) is 0 Å². The van der Waals surface area contributed by atoms with Gasteiger partial charge in [-0.1, -0.05) is 13.8 Å². The molecule has 7 heteroatoms. The SMILES string of the molecule is CCN(CC)C1CCN(c2sc(C(C)O)cc2[N+](=O)[O-])C1. The van der Waals surface area contributed by atoms with E-state index >= 15 is 0 Å². The van der Waals surface area contributed by atoms with Crippen molar-refractivity contribution in [3.63, 3.8) is 0 Å². The molecule has 0 bridgehead atoms. The summed E-state index contributed by atoms with van der Waals surface area (Å²) >= 11 is 1.34. The second kappa shape index (κ2) is 6.72. The number of hydrogen-bond acceptors (Lipinski definition) is 6. The topological polar surface area (TPSA) is 69.8 Å². The molecule has 1 fully saturated rings. The van der Waals surface area contributed by atoms with Crippen LogP contribution in [0.15, 0.2) is 6.07 Å². The lowest BCUT2D eigenvalue weighted by molar-refractivity contribution is -0.383. The van der Waals surface area contributed by atoms with Crippen LogP contribution in [0, 0.1) is 10.1 Å². The third kappa shape index (κ3) is 3.36. The first-order valence-corrected chi connectivity index (χ1v) is 8.24. The summed E-state index contributed by atoms with van der Waals surface area (Å²) in [5.41, 5.74) is 0.121. The molecule has 1 N–H and O–H groups in total. The number of aliphatic hydroxyl groups excluding tert-OH is 1. The Kier molecular flexibility index (Phi) is 5.18. The summed E-state index contributed by atoms with van der Waals surface area (Å²) in [5.74, 6) is 0. The minimum atomic E-state index is -0.663. The monoisotopic (exact) mass is 313 g/mol. The molecule has 1 aromatic rings. The summed E-state index contributed by atoms with van der Waals surface area (Å²) in [6, 6.07) is 1.96. The van der Waals surface area contributed by atoms with Crippen LogP contribution in [-0.4, -0.2) is 47.2 Å². The van der Waals surface area contributed by atoms with E-state index in [-0.39, 0.29) is 10.6 Å². The zero-order chi connectivity index (χ0) is 15.6. The van der Waals surface area contributed by atoms with Gasteiger partial charge in [-0.15, -0.1) is 11.3 Å². The van der Waals surface area contributed by atoms with Crippen LogP contribution in [0.3, 0.4) is 0 Å². The van der Waals surface area contributed by atoms with Crippen molar-refractivity contribution in [1.82, 2.24) is 4.90 Å². The summed E-state index contributed by atoms with van der Waals surface area (Å²) in [4.78, 5) is 16.0. The van der Waals surface area contributed by atoms with Gasteiger partial charge in [-0.05, 0) is 26.4 Å². The molecule has 0 spiro atoms. The quantitative estimate of drug-likeness (QED) is 0.646. The number of nitro groups is 1. The fraction of sp³-hybridized carbons (Fsp3) is 0.714. The highest BCUT2D eigenvalue weighted by Crippen LogP contribution is 2.41. The van der Waals surface area contributed by atoms with Gasteiger partial charge in [0.1, 0.15) is 0 Å². The van der Waals surface area contributed by atoms with Crippen molar-refractivity contribution < 1.29 is 10.0 Å². The van der Waals surface area contributed by atoms with E-state index in [1.807, 2.05) is 0 Å². The number of aliphatic hydroxyl groups is 1. The van der Waals surface area contributed by atoms with Crippen molar-refractivity contribution in [3.05, 3.63) is 21.1 Å². The van der Waals surface area contributed by atoms with Gasteiger partial charge < -0.3 is 10.0 Å².